The van der Waals surface area contributed by atoms with E-state index in [0.29, 0.717) is 18.2 Å². The Bertz CT molecular complexity index is 1820. The summed E-state index contributed by atoms with van der Waals surface area (Å²) < 4.78 is 75.9. The zero-order valence-electron chi connectivity index (χ0n) is 29.2. The Labute approximate surface area is 289 Å². The number of benzene rings is 2. The molecule has 0 amide bonds. The molecule has 1 unspecified atom stereocenters. The lowest BCUT2D eigenvalue weighted by atomic mass is 9.63. The van der Waals surface area contributed by atoms with E-state index in [9.17, 15) is 32.7 Å². The molecule has 270 valence electrons. The Morgan fingerprint density at radius 1 is 0.960 bits per heavy atom. The second-order valence-corrected chi connectivity index (χ2v) is 14.9. The summed E-state index contributed by atoms with van der Waals surface area (Å²) in [6.45, 7) is 10.6. The van der Waals surface area contributed by atoms with Crippen LogP contribution in [0.5, 0.6) is 0 Å². The van der Waals surface area contributed by atoms with Gasteiger partial charge in [-0.25, -0.2) is 8.78 Å². The van der Waals surface area contributed by atoms with Gasteiger partial charge in [0.2, 0.25) is 0 Å². The van der Waals surface area contributed by atoms with Crippen LogP contribution in [0, 0.1) is 43.7 Å². The molecule has 1 N–H and O–H groups in total. The summed E-state index contributed by atoms with van der Waals surface area (Å²) in [6.07, 6.45) is -1.67. The third kappa shape index (κ3) is 7.72. The van der Waals surface area contributed by atoms with Crippen molar-refractivity contribution in [1.82, 2.24) is 9.47 Å². The third-order valence-corrected chi connectivity index (χ3v) is 10.5. The number of alkyl halides is 3. The lowest BCUT2D eigenvalue weighted by Gasteiger charge is -2.56. The van der Waals surface area contributed by atoms with Gasteiger partial charge in [-0.3, -0.25) is 14.4 Å². The van der Waals surface area contributed by atoms with Crippen LogP contribution in [0.4, 0.5) is 22.0 Å². The van der Waals surface area contributed by atoms with Crippen molar-refractivity contribution in [2.75, 3.05) is 19.6 Å². The predicted molar refractivity (Wildman–Crippen MR) is 181 cm³/mol. The van der Waals surface area contributed by atoms with E-state index in [2.05, 4.69) is 4.90 Å². The van der Waals surface area contributed by atoms with Crippen LogP contribution < -0.4 is 5.56 Å². The molecule has 2 aliphatic rings. The second kappa shape index (κ2) is 14.4. The predicted octanol–water partition coefficient (Wildman–Crippen LogP) is 8.57. The summed E-state index contributed by atoms with van der Waals surface area (Å²) in [7, 11) is 0. The van der Waals surface area contributed by atoms with Crippen molar-refractivity contribution in [2.45, 2.75) is 97.7 Å². The van der Waals surface area contributed by atoms with Gasteiger partial charge in [-0.1, -0.05) is 38.5 Å². The number of aryl methyl sites for hydroxylation is 3. The van der Waals surface area contributed by atoms with Crippen LogP contribution in [0.3, 0.4) is 0 Å². The maximum Gasteiger partial charge on any atom is 0.416 e. The van der Waals surface area contributed by atoms with Crippen LogP contribution in [-0.2, 0) is 22.2 Å². The number of aliphatic carboxylic acids is 1. The summed E-state index contributed by atoms with van der Waals surface area (Å²) in [5.41, 5.74) is -0.363. The van der Waals surface area contributed by atoms with Crippen molar-refractivity contribution in [3.05, 3.63) is 91.9 Å². The molecule has 1 aliphatic carbocycles. The first-order valence-corrected chi connectivity index (χ1v) is 17.2. The standard InChI is InChI=1S/C39H45F5N2O4/c1-22(2)14-30(46-19-26(29(18-32(46)48)39(42,43)44)10-13-45-20-38(21-45)11-7-12-38)31(47)16-27(17-33(49)50)35-36(40)25(5)15-28(37(35)41)34-23(3)8-6-9-24(34)4/h6,8-9,15,18-19,22,27,30H,7,10-14,16-17,20-21H2,1-5H3,(H,49,50)/t27-,30?/m0/s1. The first-order valence-electron chi connectivity index (χ1n) is 17.2. The molecule has 1 spiro atoms. The number of carboxylic acid groups (broad SMARTS) is 1. The Morgan fingerprint density at radius 2 is 1.60 bits per heavy atom. The zero-order valence-corrected chi connectivity index (χ0v) is 29.2. The van der Waals surface area contributed by atoms with Crippen LogP contribution in [0.1, 0.15) is 97.7 Å². The normalized spacial score (nSPS) is 17.0. The quantitative estimate of drug-likeness (QED) is 0.181. The number of aromatic nitrogens is 1. The van der Waals surface area contributed by atoms with Gasteiger partial charge in [-0.2, -0.15) is 13.2 Å². The van der Waals surface area contributed by atoms with E-state index in [0.717, 1.165) is 54.2 Å². The largest absolute Gasteiger partial charge is 0.481 e. The van der Waals surface area contributed by atoms with Crippen LogP contribution in [0.2, 0.25) is 0 Å². The molecule has 5 rings (SSSR count). The van der Waals surface area contributed by atoms with Gasteiger partial charge in [0.25, 0.3) is 5.56 Å². The maximum absolute atomic E-state index is 16.5. The van der Waals surface area contributed by atoms with E-state index in [-0.39, 0.29) is 40.9 Å². The minimum absolute atomic E-state index is 0.0102. The van der Waals surface area contributed by atoms with Gasteiger partial charge in [-0.05, 0) is 91.7 Å². The summed E-state index contributed by atoms with van der Waals surface area (Å²) in [4.78, 5) is 41.7. The molecule has 6 nitrogen and oxygen atoms in total. The SMILES string of the molecule is Cc1cc(-c2c(C)cccc2C)c(F)c([C@H](CC(=O)O)CC(=O)C(CC(C)C)n2cc(CCN3CC4(CCC4)C3)c(C(F)(F)F)cc2=O)c1F. The van der Waals surface area contributed by atoms with Gasteiger partial charge < -0.3 is 14.6 Å². The summed E-state index contributed by atoms with van der Waals surface area (Å²) >= 11 is 0. The Balaban J connectivity index is 1.52. The van der Waals surface area contributed by atoms with Crippen molar-refractivity contribution in [2.24, 2.45) is 11.3 Å². The minimum atomic E-state index is -4.80. The fourth-order valence-electron chi connectivity index (χ4n) is 7.92. The van der Waals surface area contributed by atoms with Crippen LogP contribution >= 0.6 is 0 Å². The molecule has 50 heavy (non-hydrogen) atoms. The van der Waals surface area contributed by atoms with Crippen LogP contribution in [0.25, 0.3) is 11.1 Å². The van der Waals surface area contributed by atoms with Gasteiger partial charge in [0.05, 0.1) is 18.0 Å². The Morgan fingerprint density at radius 3 is 2.14 bits per heavy atom. The molecule has 1 aromatic heterocycles. The Kier molecular flexibility index (Phi) is 10.8. The van der Waals surface area contributed by atoms with Gasteiger partial charge in [0.1, 0.15) is 11.6 Å². The summed E-state index contributed by atoms with van der Waals surface area (Å²) in [6, 6.07) is 5.95. The molecule has 1 saturated heterocycles. The van der Waals surface area contributed by atoms with Crippen LogP contribution in [0.15, 0.2) is 41.3 Å². The summed E-state index contributed by atoms with van der Waals surface area (Å²) in [5, 5.41) is 9.83. The summed E-state index contributed by atoms with van der Waals surface area (Å²) in [5.74, 6) is -5.69. The molecular formula is C39H45F5N2O4. The highest BCUT2D eigenvalue weighted by Gasteiger charge is 2.47. The number of likely N-dealkylation sites (tertiary alicyclic amines) is 1. The van der Waals surface area contributed by atoms with Crippen molar-refractivity contribution < 1.29 is 36.6 Å². The van der Waals surface area contributed by atoms with Gasteiger partial charge in [0, 0.05) is 55.4 Å². The smallest absolute Gasteiger partial charge is 0.416 e. The number of pyridine rings is 1. The highest BCUT2D eigenvalue weighted by Crippen LogP contribution is 2.48. The fourth-order valence-corrected chi connectivity index (χ4v) is 7.92. The van der Waals surface area contributed by atoms with E-state index >= 15 is 8.78 Å². The number of hydrogen-bond donors (Lipinski definition) is 1. The number of rotatable bonds is 13. The molecular weight excluding hydrogens is 655 g/mol. The van der Waals surface area contributed by atoms with E-state index in [1.807, 2.05) is 0 Å². The second-order valence-electron chi connectivity index (χ2n) is 14.9. The van der Waals surface area contributed by atoms with Crippen molar-refractivity contribution in [3.8, 4) is 11.1 Å². The van der Waals surface area contributed by atoms with E-state index in [1.165, 1.54) is 13.0 Å². The number of ketones is 1. The first kappa shape index (κ1) is 37.4. The molecule has 2 heterocycles. The van der Waals surface area contributed by atoms with Crippen molar-refractivity contribution in [3.63, 3.8) is 0 Å². The lowest BCUT2D eigenvalue weighted by molar-refractivity contribution is -0.139. The molecule has 2 fully saturated rings. The van der Waals surface area contributed by atoms with Gasteiger partial charge in [0.15, 0.2) is 5.78 Å². The monoisotopic (exact) mass is 700 g/mol. The molecule has 1 aliphatic heterocycles. The number of carbonyl (C=O) groups is 2. The number of hydrogen-bond acceptors (Lipinski definition) is 4. The number of carboxylic acids is 1. The van der Waals surface area contributed by atoms with Gasteiger partial charge >= 0.3 is 12.1 Å². The number of halogens is 5. The third-order valence-electron chi connectivity index (χ3n) is 10.5. The fraction of sp³-hybridized carbons (Fsp3) is 0.513. The van der Waals surface area contributed by atoms with Crippen molar-refractivity contribution in [1.29, 1.82) is 0 Å². The topological polar surface area (TPSA) is 79.6 Å². The maximum atomic E-state index is 16.5. The minimum Gasteiger partial charge on any atom is -0.481 e. The van der Waals surface area contributed by atoms with Gasteiger partial charge in [-0.15, -0.1) is 0 Å². The average molecular weight is 701 g/mol. The highest BCUT2D eigenvalue weighted by molar-refractivity contribution is 5.84. The lowest BCUT2D eigenvalue weighted by Crippen LogP contribution is -2.59. The molecule has 11 heteroatoms. The van der Waals surface area contributed by atoms with Crippen molar-refractivity contribution >= 4 is 11.8 Å². The van der Waals surface area contributed by atoms with E-state index in [4.69, 9.17) is 0 Å². The van der Waals surface area contributed by atoms with E-state index in [1.54, 1.807) is 45.9 Å². The molecule has 1 saturated carbocycles. The molecule has 3 aromatic rings. The molecule has 2 aromatic carbocycles. The highest BCUT2D eigenvalue weighted by atomic mass is 19.4. The molecule has 2 atom stereocenters. The number of carbonyl (C=O) groups excluding carboxylic acids is 1. The number of Topliss-reactive ketones (excluding diaryl/α,β-unsaturated/α-hetero) is 1. The first-order chi connectivity index (χ1) is 23.4. The van der Waals surface area contributed by atoms with Crippen LogP contribution in [-0.4, -0.2) is 46.0 Å². The molecule has 0 bridgehead atoms. The zero-order chi connectivity index (χ0) is 36.7. The average Bonchev–Trinajstić information content (AvgIpc) is 2.96. The molecule has 0 radical (unpaired) electrons. The number of nitrogens with zero attached hydrogens (tertiary/aromatic N) is 2. The van der Waals surface area contributed by atoms with E-state index < -0.39 is 71.1 Å². The Hall–Kier alpha value is -3.86.